The zero-order valence-corrected chi connectivity index (χ0v) is 11.3. The Bertz CT molecular complexity index is 373. The molecule has 1 saturated heterocycles. The van der Waals surface area contributed by atoms with Gasteiger partial charge < -0.3 is 5.32 Å². The Morgan fingerprint density at radius 3 is 2.83 bits per heavy atom. The molecule has 3 heteroatoms. The lowest BCUT2D eigenvalue weighted by Crippen LogP contribution is -2.35. The van der Waals surface area contributed by atoms with Crippen molar-refractivity contribution in [2.24, 2.45) is 0 Å². The number of nitrogens with one attached hydrogen (secondary N) is 1. The van der Waals surface area contributed by atoms with Crippen LogP contribution in [-0.4, -0.2) is 31.1 Å². The summed E-state index contributed by atoms with van der Waals surface area (Å²) < 4.78 is 13.8. The van der Waals surface area contributed by atoms with Gasteiger partial charge in [-0.1, -0.05) is 18.2 Å². The number of hydrogen-bond acceptors (Lipinski definition) is 2. The predicted molar refractivity (Wildman–Crippen MR) is 73.1 cm³/mol. The van der Waals surface area contributed by atoms with Crippen LogP contribution < -0.4 is 5.32 Å². The van der Waals surface area contributed by atoms with Gasteiger partial charge in [-0.2, -0.15) is 0 Å². The zero-order valence-electron chi connectivity index (χ0n) is 11.3. The largest absolute Gasteiger partial charge is 0.317 e. The first kappa shape index (κ1) is 13.5. The average Bonchev–Trinajstić information content (AvgIpc) is 2.66. The van der Waals surface area contributed by atoms with E-state index in [0.717, 1.165) is 25.1 Å². The molecule has 2 unspecified atom stereocenters. The second-order valence-electron chi connectivity index (χ2n) is 5.20. The van der Waals surface area contributed by atoms with E-state index >= 15 is 0 Å². The summed E-state index contributed by atoms with van der Waals surface area (Å²) in [5, 5.41) is 3.42. The van der Waals surface area contributed by atoms with Gasteiger partial charge in [-0.15, -0.1) is 0 Å². The Morgan fingerprint density at radius 2 is 2.06 bits per heavy atom. The second kappa shape index (κ2) is 6.30. The topological polar surface area (TPSA) is 15.3 Å². The van der Waals surface area contributed by atoms with Crippen molar-refractivity contribution in [1.29, 1.82) is 0 Å². The summed E-state index contributed by atoms with van der Waals surface area (Å²) >= 11 is 0. The van der Waals surface area contributed by atoms with E-state index in [1.165, 1.54) is 12.8 Å². The van der Waals surface area contributed by atoms with Gasteiger partial charge in [0.05, 0.1) is 0 Å². The van der Waals surface area contributed by atoms with Crippen molar-refractivity contribution in [2.75, 3.05) is 20.1 Å². The smallest absolute Gasteiger partial charge is 0.127 e. The molecule has 1 aromatic carbocycles. The molecule has 1 aromatic rings. The van der Waals surface area contributed by atoms with E-state index in [9.17, 15) is 4.39 Å². The molecule has 0 radical (unpaired) electrons. The number of nitrogens with zero attached hydrogens (tertiary/aromatic N) is 1. The molecule has 1 aliphatic rings. The third-order valence-corrected chi connectivity index (χ3v) is 4.09. The number of hydrogen-bond donors (Lipinski definition) is 1. The lowest BCUT2D eigenvalue weighted by molar-refractivity contribution is 0.168. The maximum Gasteiger partial charge on any atom is 0.127 e. The number of rotatable bonds is 3. The highest BCUT2D eigenvalue weighted by molar-refractivity contribution is 5.20. The van der Waals surface area contributed by atoms with E-state index in [2.05, 4.69) is 24.2 Å². The van der Waals surface area contributed by atoms with Crippen LogP contribution in [0.4, 0.5) is 4.39 Å². The normalized spacial score (nSPS) is 22.8. The van der Waals surface area contributed by atoms with Gasteiger partial charge in [0.25, 0.3) is 0 Å². The standard InChI is InChI=1S/C15H23FN2/c1-12(14-7-3-4-8-15(14)16)18(2)13-6-5-10-17-11-9-13/h3-4,7-8,12-13,17H,5-6,9-11H2,1-2H3. The van der Waals surface area contributed by atoms with Gasteiger partial charge in [0, 0.05) is 17.6 Å². The molecular formula is C15H23FN2. The molecule has 2 nitrogen and oxygen atoms in total. The molecular weight excluding hydrogens is 227 g/mol. The van der Waals surface area contributed by atoms with Gasteiger partial charge in [-0.3, -0.25) is 4.90 Å². The van der Waals surface area contributed by atoms with Crippen LogP contribution in [0.2, 0.25) is 0 Å². The zero-order chi connectivity index (χ0) is 13.0. The van der Waals surface area contributed by atoms with Crippen LogP contribution in [0.5, 0.6) is 0 Å². The summed E-state index contributed by atoms with van der Waals surface area (Å²) in [6.07, 6.45) is 3.55. The van der Waals surface area contributed by atoms with Crippen molar-refractivity contribution < 1.29 is 4.39 Å². The lowest BCUT2D eigenvalue weighted by atomic mass is 10.0. The molecule has 0 spiro atoms. The van der Waals surface area contributed by atoms with Crippen LogP contribution in [0.25, 0.3) is 0 Å². The van der Waals surface area contributed by atoms with Gasteiger partial charge in [-0.25, -0.2) is 4.39 Å². The first-order valence-electron chi connectivity index (χ1n) is 6.87. The van der Waals surface area contributed by atoms with Crippen molar-refractivity contribution in [3.05, 3.63) is 35.6 Å². The summed E-state index contributed by atoms with van der Waals surface area (Å²) in [6, 6.07) is 7.79. The van der Waals surface area contributed by atoms with Gasteiger partial charge in [-0.05, 0) is 52.4 Å². The van der Waals surface area contributed by atoms with Gasteiger partial charge >= 0.3 is 0 Å². The molecule has 2 atom stereocenters. The Balaban J connectivity index is 2.07. The highest BCUT2D eigenvalue weighted by Gasteiger charge is 2.23. The van der Waals surface area contributed by atoms with Crippen LogP contribution in [-0.2, 0) is 0 Å². The third-order valence-electron chi connectivity index (χ3n) is 4.09. The Labute approximate surface area is 109 Å². The highest BCUT2D eigenvalue weighted by Crippen LogP contribution is 2.26. The summed E-state index contributed by atoms with van der Waals surface area (Å²) in [5.41, 5.74) is 0.803. The lowest BCUT2D eigenvalue weighted by Gasteiger charge is -2.33. The molecule has 100 valence electrons. The van der Waals surface area contributed by atoms with E-state index in [1.807, 2.05) is 12.1 Å². The molecule has 0 aliphatic carbocycles. The van der Waals surface area contributed by atoms with Crippen molar-refractivity contribution in [3.8, 4) is 0 Å². The van der Waals surface area contributed by atoms with Crippen molar-refractivity contribution in [1.82, 2.24) is 10.2 Å². The molecule has 0 bridgehead atoms. The summed E-state index contributed by atoms with van der Waals surface area (Å²) in [5.74, 6) is -0.0939. The minimum Gasteiger partial charge on any atom is -0.317 e. The molecule has 0 saturated carbocycles. The van der Waals surface area contributed by atoms with Gasteiger partial charge in [0.2, 0.25) is 0 Å². The SMILES string of the molecule is CC(c1ccccc1F)N(C)C1CCCNCC1. The molecule has 1 heterocycles. The molecule has 0 aromatic heterocycles. The van der Waals surface area contributed by atoms with Gasteiger partial charge in [0.1, 0.15) is 5.82 Å². The fraction of sp³-hybridized carbons (Fsp3) is 0.600. The highest BCUT2D eigenvalue weighted by atomic mass is 19.1. The quantitative estimate of drug-likeness (QED) is 0.887. The first-order chi connectivity index (χ1) is 8.70. The number of benzene rings is 1. The van der Waals surface area contributed by atoms with E-state index in [-0.39, 0.29) is 11.9 Å². The molecule has 1 aliphatic heterocycles. The molecule has 1 N–H and O–H groups in total. The van der Waals surface area contributed by atoms with Gasteiger partial charge in [0.15, 0.2) is 0 Å². The molecule has 18 heavy (non-hydrogen) atoms. The third kappa shape index (κ3) is 3.09. The average molecular weight is 250 g/mol. The minimum atomic E-state index is -0.0939. The van der Waals surface area contributed by atoms with Crippen LogP contribution in [0.3, 0.4) is 0 Å². The fourth-order valence-electron chi connectivity index (χ4n) is 2.76. The maximum atomic E-state index is 13.8. The number of halogens is 1. The molecule has 2 rings (SSSR count). The van der Waals surface area contributed by atoms with Crippen LogP contribution in [0.1, 0.15) is 37.8 Å². The van der Waals surface area contributed by atoms with E-state index in [4.69, 9.17) is 0 Å². The van der Waals surface area contributed by atoms with Crippen LogP contribution >= 0.6 is 0 Å². The minimum absolute atomic E-state index is 0.0939. The summed E-state index contributed by atoms with van der Waals surface area (Å²) in [4.78, 5) is 2.32. The Kier molecular flexibility index (Phi) is 4.72. The molecule has 1 fully saturated rings. The fourth-order valence-corrected chi connectivity index (χ4v) is 2.76. The molecule has 0 amide bonds. The van der Waals surface area contributed by atoms with Crippen molar-refractivity contribution in [3.63, 3.8) is 0 Å². The second-order valence-corrected chi connectivity index (χ2v) is 5.20. The van der Waals surface area contributed by atoms with Crippen molar-refractivity contribution >= 4 is 0 Å². The summed E-state index contributed by atoms with van der Waals surface area (Å²) in [7, 11) is 2.12. The Hall–Kier alpha value is -0.930. The first-order valence-corrected chi connectivity index (χ1v) is 6.87. The Morgan fingerprint density at radius 1 is 1.28 bits per heavy atom. The van der Waals surface area contributed by atoms with E-state index in [0.29, 0.717) is 6.04 Å². The monoisotopic (exact) mass is 250 g/mol. The maximum absolute atomic E-state index is 13.8. The van der Waals surface area contributed by atoms with E-state index < -0.39 is 0 Å². The van der Waals surface area contributed by atoms with E-state index in [1.54, 1.807) is 12.1 Å². The predicted octanol–water partition coefficient (Wildman–Crippen LogP) is 2.96. The van der Waals surface area contributed by atoms with Crippen LogP contribution in [0.15, 0.2) is 24.3 Å². The summed E-state index contributed by atoms with van der Waals surface area (Å²) in [6.45, 7) is 4.27. The van der Waals surface area contributed by atoms with Crippen LogP contribution in [0, 0.1) is 5.82 Å². The van der Waals surface area contributed by atoms with Crippen molar-refractivity contribution in [2.45, 2.75) is 38.3 Å².